The standard InChI is InChI=1S/C19H15FN4O/c20-18-9-14-3-1-2-4-16(14)19(18)10-17(23-25-19)13-5-7-15(8-6-13)24-12-21-11-22-24/h1-8,11-12,18H,9-10H2. The fraction of sp³-hybridized carbons (Fsp3) is 0.211. The molecule has 0 fully saturated rings. The molecule has 124 valence electrons. The molecule has 0 saturated heterocycles. The predicted octanol–water partition coefficient (Wildman–Crippen LogP) is 3.18. The van der Waals surface area contributed by atoms with Crippen LogP contribution >= 0.6 is 0 Å². The maximum absolute atomic E-state index is 14.8. The van der Waals surface area contributed by atoms with E-state index in [1.165, 1.54) is 6.33 Å². The van der Waals surface area contributed by atoms with Crippen molar-refractivity contribution in [2.24, 2.45) is 5.16 Å². The topological polar surface area (TPSA) is 52.3 Å². The summed E-state index contributed by atoms with van der Waals surface area (Å²) >= 11 is 0. The molecule has 0 amide bonds. The first-order chi connectivity index (χ1) is 12.3. The van der Waals surface area contributed by atoms with Gasteiger partial charge >= 0.3 is 0 Å². The Morgan fingerprint density at radius 3 is 2.76 bits per heavy atom. The van der Waals surface area contributed by atoms with Crippen molar-refractivity contribution in [1.82, 2.24) is 14.8 Å². The Labute approximate surface area is 143 Å². The molecule has 5 nitrogen and oxygen atoms in total. The van der Waals surface area contributed by atoms with Gasteiger partial charge in [-0.25, -0.2) is 14.1 Å². The first-order valence-corrected chi connectivity index (χ1v) is 8.19. The van der Waals surface area contributed by atoms with Crippen molar-refractivity contribution in [3.63, 3.8) is 0 Å². The van der Waals surface area contributed by atoms with Crippen LogP contribution in [0.3, 0.4) is 0 Å². The van der Waals surface area contributed by atoms with Crippen LogP contribution in [0.2, 0.25) is 0 Å². The zero-order valence-corrected chi connectivity index (χ0v) is 13.3. The van der Waals surface area contributed by atoms with Gasteiger partial charge in [-0.05, 0) is 23.3 Å². The van der Waals surface area contributed by atoms with E-state index in [2.05, 4.69) is 15.2 Å². The van der Waals surface area contributed by atoms with Crippen molar-refractivity contribution in [2.45, 2.75) is 24.6 Å². The van der Waals surface area contributed by atoms with Crippen molar-refractivity contribution >= 4 is 5.71 Å². The van der Waals surface area contributed by atoms with Gasteiger partial charge < -0.3 is 4.84 Å². The fourth-order valence-electron chi connectivity index (χ4n) is 3.70. The lowest BCUT2D eigenvalue weighted by Gasteiger charge is -2.24. The summed E-state index contributed by atoms with van der Waals surface area (Å²) in [4.78, 5) is 9.64. The highest BCUT2D eigenvalue weighted by Crippen LogP contribution is 2.48. The minimum Gasteiger partial charge on any atom is -0.381 e. The van der Waals surface area contributed by atoms with Gasteiger partial charge in [-0.2, -0.15) is 5.10 Å². The average Bonchev–Trinajstić information content (AvgIpc) is 3.38. The number of nitrogens with zero attached hydrogens (tertiary/aromatic N) is 4. The van der Waals surface area contributed by atoms with Crippen LogP contribution in [0.1, 0.15) is 23.1 Å². The Kier molecular flexibility index (Phi) is 3.00. The van der Waals surface area contributed by atoms with Crippen LogP contribution in [0.4, 0.5) is 4.39 Å². The van der Waals surface area contributed by atoms with Crippen LogP contribution in [0.5, 0.6) is 0 Å². The Morgan fingerprint density at radius 1 is 1.12 bits per heavy atom. The zero-order chi connectivity index (χ0) is 16.9. The van der Waals surface area contributed by atoms with Crippen molar-refractivity contribution in [2.75, 3.05) is 0 Å². The zero-order valence-electron chi connectivity index (χ0n) is 13.3. The van der Waals surface area contributed by atoms with Crippen molar-refractivity contribution in [3.8, 4) is 5.69 Å². The molecule has 0 saturated carbocycles. The number of halogens is 1. The van der Waals surface area contributed by atoms with Crippen molar-refractivity contribution in [3.05, 3.63) is 77.9 Å². The molecule has 1 aromatic heterocycles. The smallest absolute Gasteiger partial charge is 0.199 e. The molecule has 0 N–H and O–H groups in total. The summed E-state index contributed by atoms with van der Waals surface area (Å²) in [6, 6.07) is 15.5. The number of oxime groups is 1. The minimum atomic E-state index is -1.08. The Balaban J connectivity index is 1.44. The van der Waals surface area contributed by atoms with E-state index in [1.807, 2.05) is 48.5 Å². The number of benzene rings is 2. The van der Waals surface area contributed by atoms with Crippen LogP contribution in [0.25, 0.3) is 5.69 Å². The molecule has 2 heterocycles. The van der Waals surface area contributed by atoms with Gasteiger partial charge in [-0.1, -0.05) is 41.6 Å². The van der Waals surface area contributed by atoms with E-state index in [9.17, 15) is 4.39 Å². The molecule has 1 aliphatic heterocycles. The summed E-state index contributed by atoms with van der Waals surface area (Å²) in [6.45, 7) is 0. The van der Waals surface area contributed by atoms with E-state index in [-0.39, 0.29) is 0 Å². The molecular weight excluding hydrogens is 319 g/mol. The number of hydrogen-bond donors (Lipinski definition) is 0. The fourth-order valence-corrected chi connectivity index (χ4v) is 3.70. The van der Waals surface area contributed by atoms with Crippen LogP contribution in [0, 0.1) is 0 Å². The van der Waals surface area contributed by atoms with E-state index in [0.29, 0.717) is 12.8 Å². The molecule has 0 bridgehead atoms. The third-order valence-corrected chi connectivity index (χ3v) is 5.01. The SMILES string of the molecule is FC1Cc2ccccc2C12CC(c1ccc(-n3cncn3)cc1)=NO2. The van der Waals surface area contributed by atoms with E-state index in [1.54, 1.807) is 11.0 Å². The number of rotatable bonds is 2. The monoisotopic (exact) mass is 334 g/mol. The summed E-state index contributed by atoms with van der Waals surface area (Å²) < 4.78 is 16.5. The molecule has 2 aliphatic rings. The van der Waals surface area contributed by atoms with Crippen molar-refractivity contribution < 1.29 is 9.23 Å². The molecule has 3 aromatic rings. The highest BCUT2D eigenvalue weighted by atomic mass is 19.1. The summed E-state index contributed by atoms with van der Waals surface area (Å²) in [5.41, 5.74) is 3.55. The molecule has 1 spiro atoms. The molecule has 5 rings (SSSR count). The lowest BCUT2D eigenvalue weighted by atomic mass is 9.88. The van der Waals surface area contributed by atoms with Gasteiger partial charge in [0, 0.05) is 18.4 Å². The largest absolute Gasteiger partial charge is 0.381 e. The predicted molar refractivity (Wildman–Crippen MR) is 90.3 cm³/mol. The second kappa shape index (κ2) is 5.24. The molecule has 6 heteroatoms. The molecule has 2 unspecified atom stereocenters. The Morgan fingerprint density at radius 2 is 1.96 bits per heavy atom. The summed E-state index contributed by atoms with van der Waals surface area (Å²) in [6.07, 6.45) is 2.87. The molecule has 2 atom stereocenters. The van der Waals surface area contributed by atoms with E-state index in [4.69, 9.17) is 4.84 Å². The minimum absolute atomic E-state index is 0.379. The van der Waals surface area contributed by atoms with Crippen LogP contribution < -0.4 is 0 Å². The summed E-state index contributed by atoms with van der Waals surface area (Å²) in [5.74, 6) is 0. The van der Waals surface area contributed by atoms with Crippen LogP contribution in [-0.2, 0) is 16.9 Å². The van der Waals surface area contributed by atoms with Crippen LogP contribution in [-0.4, -0.2) is 26.6 Å². The second-order valence-corrected chi connectivity index (χ2v) is 6.41. The second-order valence-electron chi connectivity index (χ2n) is 6.41. The van der Waals surface area contributed by atoms with Gasteiger partial charge in [0.05, 0.1) is 11.4 Å². The summed E-state index contributed by atoms with van der Waals surface area (Å²) in [7, 11) is 0. The van der Waals surface area contributed by atoms with Crippen LogP contribution in [0.15, 0.2) is 66.3 Å². The Hall–Kier alpha value is -3.02. The number of hydrogen-bond acceptors (Lipinski definition) is 4. The molecule has 2 aromatic carbocycles. The molecule has 25 heavy (non-hydrogen) atoms. The molecular formula is C19H15FN4O. The van der Waals surface area contributed by atoms with Gasteiger partial charge in [0.15, 0.2) is 11.8 Å². The maximum Gasteiger partial charge on any atom is 0.199 e. The van der Waals surface area contributed by atoms with Crippen molar-refractivity contribution in [1.29, 1.82) is 0 Å². The third-order valence-electron chi connectivity index (χ3n) is 5.01. The number of alkyl halides is 1. The number of fused-ring (bicyclic) bond motifs is 2. The molecule has 1 aliphatic carbocycles. The van der Waals surface area contributed by atoms with Gasteiger partial charge in [0.1, 0.15) is 12.7 Å². The van der Waals surface area contributed by atoms with Gasteiger partial charge in [-0.15, -0.1) is 0 Å². The van der Waals surface area contributed by atoms with E-state index >= 15 is 0 Å². The quantitative estimate of drug-likeness (QED) is 0.723. The highest BCUT2D eigenvalue weighted by Gasteiger charge is 2.53. The molecule has 0 radical (unpaired) electrons. The highest BCUT2D eigenvalue weighted by molar-refractivity contribution is 6.02. The van der Waals surface area contributed by atoms with Gasteiger partial charge in [0.2, 0.25) is 0 Å². The maximum atomic E-state index is 14.8. The van der Waals surface area contributed by atoms with E-state index in [0.717, 1.165) is 28.1 Å². The first-order valence-electron chi connectivity index (χ1n) is 8.19. The van der Waals surface area contributed by atoms with Gasteiger partial charge in [0.25, 0.3) is 0 Å². The third kappa shape index (κ3) is 2.10. The summed E-state index contributed by atoms with van der Waals surface area (Å²) in [5, 5.41) is 8.33. The lowest BCUT2D eigenvalue weighted by Crippen LogP contribution is -2.33. The first kappa shape index (κ1) is 14.3. The lowest BCUT2D eigenvalue weighted by molar-refractivity contribution is -0.0703. The average molecular weight is 334 g/mol. The Bertz CT molecular complexity index is 952. The van der Waals surface area contributed by atoms with E-state index < -0.39 is 11.8 Å². The normalized spacial score (nSPS) is 24.2. The number of aromatic nitrogens is 3. The van der Waals surface area contributed by atoms with Gasteiger partial charge in [-0.3, -0.25) is 0 Å².